The van der Waals surface area contributed by atoms with E-state index < -0.39 is 6.10 Å². The minimum Gasteiger partial charge on any atom is -0.370 e. The lowest BCUT2D eigenvalue weighted by Gasteiger charge is -2.20. The summed E-state index contributed by atoms with van der Waals surface area (Å²) in [5, 5.41) is 0. The van der Waals surface area contributed by atoms with Gasteiger partial charge in [0.05, 0.1) is 0 Å². The molecule has 0 aliphatic carbocycles. The van der Waals surface area contributed by atoms with Crippen LogP contribution in [0.15, 0.2) is 12.7 Å². The standard InChI is InChI=1S/C8H16N2O2/c1-4-5-10(2)8(11)7(6-9)12-3/h4,7H,1,5-6,9H2,2-3H3. The molecule has 0 bridgehead atoms. The molecular weight excluding hydrogens is 156 g/mol. The highest BCUT2D eigenvalue weighted by Crippen LogP contribution is 1.94. The van der Waals surface area contributed by atoms with E-state index in [1.165, 1.54) is 12.0 Å². The molecule has 0 aromatic carbocycles. The van der Waals surface area contributed by atoms with Crippen LogP contribution in [0, 0.1) is 0 Å². The SMILES string of the molecule is C=CCN(C)C(=O)C(CN)OC. The molecule has 0 aliphatic heterocycles. The maximum absolute atomic E-state index is 11.4. The molecule has 1 unspecified atom stereocenters. The molecule has 70 valence electrons. The number of nitrogens with two attached hydrogens (primary N) is 1. The van der Waals surface area contributed by atoms with E-state index >= 15 is 0 Å². The highest BCUT2D eigenvalue weighted by molar-refractivity contribution is 5.81. The van der Waals surface area contributed by atoms with Gasteiger partial charge in [-0.05, 0) is 0 Å². The molecule has 0 radical (unpaired) electrons. The molecule has 1 amide bonds. The van der Waals surface area contributed by atoms with Gasteiger partial charge in [-0.25, -0.2) is 0 Å². The second kappa shape index (κ2) is 5.74. The Balaban J connectivity index is 4.05. The molecule has 0 saturated carbocycles. The van der Waals surface area contributed by atoms with Crippen molar-refractivity contribution in [3.05, 3.63) is 12.7 Å². The molecule has 4 heteroatoms. The normalized spacial score (nSPS) is 12.2. The fourth-order valence-corrected chi connectivity index (χ4v) is 0.827. The number of hydrogen-bond acceptors (Lipinski definition) is 3. The van der Waals surface area contributed by atoms with Crippen molar-refractivity contribution in [3.63, 3.8) is 0 Å². The molecule has 0 fully saturated rings. The summed E-state index contributed by atoms with van der Waals surface area (Å²) in [7, 11) is 3.16. The highest BCUT2D eigenvalue weighted by Gasteiger charge is 2.18. The van der Waals surface area contributed by atoms with E-state index in [1.807, 2.05) is 0 Å². The maximum Gasteiger partial charge on any atom is 0.253 e. The number of rotatable bonds is 5. The average molecular weight is 172 g/mol. The van der Waals surface area contributed by atoms with Gasteiger partial charge in [-0.15, -0.1) is 6.58 Å². The van der Waals surface area contributed by atoms with Gasteiger partial charge in [0.2, 0.25) is 0 Å². The fraction of sp³-hybridized carbons (Fsp3) is 0.625. The van der Waals surface area contributed by atoms with Crippen LogP contribution in [0.4, 0.5) is 0 Å². The number of carbonyl (C=O) groups excluding carboxylic acids is 1. The Hall–Kier alpha value is -0.870. The van der Waals surface area contributed by atoms with Crippen molar-refractivity contribution in [1.82, 2.24) is 4.90 Å². The Morgan fingerprint density at radius 2 is 2.42 bits per heavy atom. The molecule has 0 spiro atoms. The highest BCUT2D eigenvalue weighted by atomic mass is 16.5. The summed E-state index contributed by atoms with van der Waals surface area (Å²) in [6.07, 6.45) is 1.12. The summed E-state index contributed by atoms with van der Waals surface area (Å²) in [6, 6.07) is 0. The molecule has 0 aromatic heterocycles. The lowest BCUT2D eigenvalue weighted by molar-refractivity contribution is -0.139. The predicted octanol–water partition coefficient (Wildman–Crippen LogP) is -0.395. The monoisotopic (exact) mass is 172 g/mol. The summed E-state index contributed by atoms with van der Waals surface area (Å²) < 4.78 is 4.88. The third-order valence-corrected chi connectivity index (χ3v) is 1.55. The van der Waals surface area contributed by atoms with Gasteiger partial charge < -0.3 is 15.4 Å². The number of likely N-dealkylation sites (N-methyl/N-ethyl adjacent to an activating group) is 1. The summed E-state index contributed by atoms with van der Waals surface area (Å²) in [5.74, 6) is -0.111. The number of hydrogen-bond donors (Lipinski definition) is 1. The average Bonchev–Trinajstić information content (AvgIpc) is 2.07. The van der Waals surface area contributed by atoms with Gasteiger partial charge in [0, 0.05) is 27.2 Å². The molecule has 0 rings (SSSR count). The Morgan fingerprint density at radius 3 is 2.75 bits per heavy atom. The maximum atomic E-state index is 11.4. The van der Waals surface area contributed by atoms with Gasteiger partial charge in [-0.3, -0.25) is 4.79 Å². The minimum absolute atomic E-state index is 0.111. The molecule has 0 aliphatic rings. The Labute approximate surface area is 73.0 Å². The van der Waals surface area contributed by atoms with Crippen molar-refractivity contribution in [1.29, 1.82) is 0 Å². The van der Waals surface area contributed by atoms with Crippen molar-refractivity contribution in [2.45, 2.75) is 6.10 Å². The second-order valence-electron chi connectivity index (χ2n) is 2.47. The molecule has 2 N–H and O–H groups in total. The van der Waals surface area contributed by atoms with E-state index in [2.05, 4.69) is 6.58 Å². The lowest BCUT2D eigenvalue weighted by Crippen LogP contribution is -2.41. The smallest absolute Gasteiger partial charge is 0.253 e. The van der Waals surface area contributed by atoms with Crippen LogP contribution in [0.2, 0.25) is 0 Å². The first kappa shape index (κ1) is 11.1. The molecule has 1 atom stereocenters. The first-order valence-corrected chi connectivity index (χ1v) is 3.76. The van der Waals surface area contributed by atoms with Crippen molar-refractivity contribution in [2.24, 2.45) is 5.73 Å². The van der Waals surface area contributed by atoms with E-state index in [0.29, 0.717) is 6.54 Å². The molecular formula is C8H16N2O2. The summed E-state index contributed by atoms with van der Waals surface area (Å²) >= 11 is 0. The zero-order valence-corrected chi connectivity index (χ0v) is 7.62. The summed E-state index contributed by atoms with van der Waals surface area (Å²) in [6.45, 7) is 4.25. The van der Waals surface area contributed by atoms with Crippen LogP contribution in [0.1, 0.15) is 0 Å². The van der Waals surface area contributed by atoms with Crippen LogP contribution >= 0.6 is 0 Å². The molecule has 0 aromatic rings. The number of amides is 1. The third kappa shape index (κ3) is 3.02. The topological polar surface area (TPSA) is 55.6 Å². The number of nitrogens with zero attached hydrogens (tertiary/aromatic N) is 1. The van der Waals surface area contributed by atoms with Crippen LogP contribution in [0.5, 0.6) is 0 Å². The quantitative estimate of drug-likeness (QED) is 0.574. The van der Waals surface area contributed by atoms with Gasteiger partial charge in [0.15, 0.2) is 0 Å². The third-order valence-electron chi connectivity index (χ3n) is 1.55. The molecule has 0 saturated heterocycles. The number of carbonyl (C=O) groups is 1. The first-order chi connectivity index (χ1) is 5.67. The van der Waals surface area contributed by atoms with Gasteiger partial charge in [-0.1, -0.05) is 6.08 Å². The van der Waals surface area contributed by atoms with Crippen LogP contribution in [0.25, 0.3) is 0 Å². The van der Waals surface area contributed by atoms with Gasteiger partial charge >= 0.3 is 0 Å². The predicted molar refractivity (Wildman–Crippen MR) is 47.7 cm³/mol. The van der Waals surface area contributed by atoms with E-state index in [-0.39, 0.29) is 12.5 Å². The van der Waals surface area contributed by atoms with Gasteiger partial charge in [0.1, 0.15) is 6.10 Å². The van der Waals surface area contributed by atoms with Crippen molar-refractivity contribution >= 4 is 5.91 Å². The largest absolute Gasteiger partial charge is 0.370 e. The minimum atomic E-state index is -0.532. The second-order valence-corrected chi connectivity index (χ2v) is 2.47. The zero-order chi connectivity index (χ0) is 9.56. The van der Waals surface area contributed by atoms with Crippen molar-refractivity contribution < 1.29 is 9.53 Å². The lowest BCUT2D eigenvalue weighted by atomic mass is 10.3. The Bertz CT molecular complexity index is 155. The fourth-order valence-electron chi connectivity index (χ4n) is 0.827. The summed E-state index contributed by atoms with van der Waals surface area (Å²) in [5.41, 5.74) is 5.32. The van der Waals surface area contributed by atoms with E-state index in [0.717, 1.165) is 0 Å². The van der Waals surface area contributed by atoms with Crippen molar-refractivity contribution in [2.75, 3.05) is 27.2 Å². The van der Waals surface area contributed by atoms with Gasteiger partial charge in [-0.2, -0.15) is 0 Å². The molecule has 12 heavy (non-hydrogen) atoms. The van der Waals surface area contributed by atoms with Crippen LogP contribution in [-0.4, -0.2) is 44.2 Å². The molecule has 0 heterocycles. The summed E-state index contributed by atoms with van der Waals surface area (Å²) in [4.78, 5) is 12.9. The molecule has 4 nitrogen and oxygen atoms in total. The van der Waals surface area contributed by atoms with E-state index in [4.69, 9.17) is 10.5 Å². The van der Waals surface area contributed by atoms with Crippen LogP contribution in [0.3, 0.4) is 0 Å². The Kier molecular flexibility index (Phi) is 5.32. The van der Waals surface area contributed by atoms with E-state index in [9.17, 15) is 4.79 Å². The Morgan fingerprint density at radius 1 is 1.83 bits per heavy atom. The number of methoxy groups -OCH3 is 1. The van der Waals surface area contributed by atoms with Crippen molar-refractivity contribution in [3.8, 4) is 0 Å². The zero-order valence-electron chi connectivity index (χ0n) is 7.62. The van der Waals surface area contributed by atoms with Crippen LogP contribution < -0.4 is 5.73 Å². The number of ether oxygens (including phenoxy) is 1. The first-order valence-electron chi connectivity index (χ1n) is 3.76. The van der Waals surface area contributed by atoms with Crippen LogP contribution in [-0.2, 0) is 9.53 Å². The van der Waals surface area contributed by atoms with E-state index in [1.54, 1.807) is 13.1 Å². The van der Waals surface area contributed by atoms with Gasteiger partial charge in [0.25, 0.3) is 5.91 Å².